The lowest BCUT2D eigenvalue weighted by Crippen LogP contribution is -2.38. The summed E-state index contributed by atoms with van der Waals surface area (Å²) in [5.74, 6) is 1.61. The van der Waals surface area contributed by atoms with Gasteiger partial charge in [-0.2, -0.15) is 0 Å². The van der Waals surface area contributed by atoms with Crippen molar-refractivity contribution in [2.24, 2.45) is 5.92 Å². The predicted octanol–water partition coefficient (Wildman–Crippen LogP) is 3.13. The molecule has 0 aromatic heterocycles. The van der Waals surface area contributed by atoms with Crippen molar-refractivity contribution in [3.05, 3.63) is 23.0 Å². The van der Waals surface area contributed by atoms with Gasteiger partial charge in [-0.15, -0.1) is 11.6 Å². The largest absolute Gasteiger partial charge is 0.500 e. The van der Waals surface area contributed by atoms with Crippen molar-refractivity contribution < 1.29 is 9.47 Å². The summed E-state index contributed by atoms with van der Waals surface area (Å²) in [5.41, 5.74) is 1.93. The molecule has 1 aliphatic rings. The van der Waals surface area contributed by atoms with Crippen LogP contribution in [-0.2, 0) is 9.47 Å². The summed E-state index contributed by atoms with van der Waals surface area (Å²) in [6, 6.07) is 0. The summed E-state index contributed by atoms with van der Waals surface area (Å²) >= 11 is 5.93. The van der Waals surface area contributed by atoms with Gasteiger partial charge in [0.15, 0.2) is 0 Å². The van der Waals surface area contributed by atoms with Crippen molar-refractivity contribution in [3.8, 4) is 0 Å². The Labute approximate surface area is 96.9 Å². The molecule has 1 aliphatic carbocycles. The van der Waals surface area contributed by atoms with E-state index in [1.54, 1.807) is 14.2 Å². The van der Waals surface area contributed by atoms with Gasteiger partial charge in [-0.3, -0.25) is 0 Å². The smallest absolute Gasteiger partial charge is 0.106 e. The van der Waals surface area contributed by atoms with Crippen LogP contribution >= 0.6 is 11.6 Å². The third-order valence-electron chi connectivity index (χ3n) is 3.32. The highest BCUT2D eigenvalue weighted by molar-refractivity contribution is 6.19. The highest BCUT2D eigenvalue weighted by Gasteiger charge is 2.37. The average molecular weight is 231 g/mol. The van der Waals surface area contributed by atoms with E-state index in [-0.39, 0.29) is 11.5 Å². The lowest BCUT2D eigenvalue weighted by Gasteiger charge is -2.37. The maximum Gasteiger partial charge on any atom is 0.106 e. The van der Waals surface area contributed by atoms with Crippen LogP contribution in [0, 0.1) is 5.92 Å². The van der Waals surface area contributed by atoms with E-state index in [0.29, 0.717) is 5.88 Å². The fourth-order valence-corrected chi connectivity index (χ4v) is 2.41. The summed E-state index contributed by atoms with van der Waals surface area (Å²) < 4.78 is 11.0. The van der Waals surface area contributed by atoms with E-state index < -0.39 is 0 Å². The molecule has 0 amide bonds. The number of rotatable bonds is 3. The van der Waals surface area contributed by atoms with Gasteiger partial charge in [0.2, 0.25) is 0 Å². The topological polar surface area (TPSA) is 18.5 Å². The molecule has 0 heterocycles. The van der Waals surface area contributed by atoms with Crippen LogP contribution in [0.15, 0.2) is 23.0 Å². The Kier molecular flexibility index (Phi) is 3.85. The normalized spacial score (nSPS) is 31.6. The molecule has 2 atom stereocenters. The molecule has 15 heavy (non-hydrogen) atoms. The van der Waals surface area contributed by atoms with E-state index in [1.807, 2.05) is 6.92 Å². The second-order valence-corrected chi connectivity index (χ2v) is 4.38. The van der Waals surface area contributed by atoms with Crippen LogP contribution in [0.2, 0.25) is 0 Å². The Hall–Kier alpha value is -0.470. The molecular weight excluding hydrogens is 212 g/mol. The lowest BCUT2D eigenvalue weighted by molar-refractivity contribution is -0.00431. The summed E-state index contributed by atoms with van der Waals surface area (Å²) in [5, 5.41) is 0. The Balaban J connectivity index is 3.21. The van der Waals surface area contributed by atoms with Gasteiger partial charge >= 0.3 is 0 Å². The van der Waals surface area contributed by atoms with Crippen molar-refractivity contribution in [2.75, 3.05) is 20.1 Å². The number of hydrogen-bond donors (Lipinski definition) is 0. The zero-order valence-corrected chi connectivity index (χ0v) is 10.8. The summed E-state index contributed by atoms with van der Waals surface area (Å²) in [7, 11) is 3.41. The highest BCUT2D eigenvalue weighted by Crippen LogP contribution is 2.38. The Morgan fingerprint density at radius 2 is 2.07 bits per heavy atom. The molecule has 0 saturated heterocycles. The first-order valence-electron chi connectivity index (χ1n) is 5.08. The van der Waals surface area contributed by atoms with Crippen molar-refractivity contribution in [2.45, 2.75) is 26.4 Å². The van der Waals surface area contributed by atoms with Gasteiger partial charge in [0, 0.05) is 18.6 Å². The molecule has 3 heteroatoms. The summed E-state index contributed by atoms with van der Waals surface area (Å²) in [6.45, 7) is 6.20. The number of halogens is 1. The number of allylic oxidation sites excluding steroid dienone is 2. The predicted molar refractivity (Wildman–Crippen MR) is 63.1 cm³/mol. The van der Waals surface area contributed by atoms with Gasteiger partial charge in [-0.25, -0.2) is 0 Å². The van der Waals surface area contributed by atoms with Crippen LogP contribution in [0.1, 0.15) is 20.8 Å². The van der Waals surface area contributed by atoms with E-state index in [9.17, 15) is 0 Å². The number of ether oxygens (including phenoxy) is 2. The van der Waals surface area contributed by atoms with Gasteiger partial charge < -0.3 is 9.47 Å². The van der Waals surface area contributed by atoms with E-state index in [0.717, 1.165) is 16.9 Å². The molecule has 0 spiro atoms. The molecule has 2 nitrogen and oxygen atoms in total. The third-order valence-corrected chi connectivity index (χ3v) is 3.59. The zero-order valence-electron chi connectivity index (χ0n) is 10.1. The van der Waals surface area contributed by atoms with Crippen LogP contribution in [0.3, 0.4) is 0 Å². The molecule has 86 valence electrons. The quantitative estimate of drug-likeness (QED) is 0.694. The molecule has 0 aromatic rings. The standard InChI is InChI=1S/C12H19ClO2/c1-8-6-12(3,15-5)9(2)11(14-4)10(8)7-13/h6,9H,7H2,1-5H3. The molecule has 0 saturated carbocycles. The van der Waals surface area contributed by atoms with Crippen molar-refractivity contribution in [1.29, 1.82) is 0 Å². The van der Waals surface area contributed by atoms with Gasteiger partial charge in [-0.05, 0) is 25.5 Å². The number of hydrogen-bond acceptors (Lipinski definition) is 2. The molecule has 0 aromatic carbocycles. The number of alkyl halides is 1. The summed E-state index contributed by atoms with van der Waals surface area (Å²) in [4.78, 5) is 0. The molecule has 2 unspecified atom stereocenters. The van der Waals surface area contributed by atoms with Crippen molar-refractivity contribution >= 4 is 11.6 Å². The minimum atomic E-state index is -0.301. The molecule has 0 N–H and O–H groups in total. The fraction of sp³-hybridized carbons (Fsp3) is 0.667. The van der Waals surface area contributed by atoms with Crippen LogP contribution in [0.5, 0.6) is 0 Å². The van der Waals surface area contributed by atoms with E-state index in [4.69, 9.17) is 21.1 Å². The van der Waals surface area contributed by atoms with E-state index in [1.165, 1.54) is 0 Å². The molecule has 0 radical (unpaired) electrons. The third kappa shape index (κ3) is 2.06. The second kappa shape index (κ2) is 4.58. The Morgan fingerprint density at radius 1 is 1.47 bits per heavy atom. The van der Waals surface area contributed by atoms with Gasteiger partial charge in [0.1, 0.15) is 5.76 Å². The first-order chi connectivity index (χ1) is 7.00. The molecular formula is C12H19ClO2. The second-order valence-electron chi connectivity index (χ2n) is 4.12. The maximum atomic E-state index is 5.93. The van der Waals surface area contributed by atoms with Gasteiger partial charge in [-0.1, -0.05) is 6.92 Å². The monoisotopic (exact) mass is 230 g/mol. The van der Waals surface area contributed by atoms with Crippen molar-refractivity contribution in [1.82, 2.24) is 0 Å². The Bertz CT molecular complexity index is 307. The van der Waals surface area contributed by atoms with Crippen molar-refractivity contribution in [3.63, 3.8) is 0 Å². The minimum Gasteiger partial charge on any atom is -0.500 e. The molecule has 0 bridgehead atoms. The van der Waals surface area contributed by atoms with Gasteiger partial charge in [0.05, 0.1) is 18.6 Å². The minimum absolute atomic E-state index is 0.185. The molecule has 1 rings (SSSR count). The van der Waals surface area contributed by atoms with Crippen LogP contribution < -0.4 is 0 Å². The first kappa shape index (κ1) is 12.6. The maximum absolute atomic E-state index is 5.93. The average Bonchev–Trinajstić information content (AvgIpc) is 2.22. The van der Waals surface area contributed by atoms with Crippen LogP contribution in [-0.4, -0.2) is 25.7 Å². The van der Waals surface area contributed by atoms with Crippen LogP contribution in [0.25, 0.3) is 0 Å². The summed E-state index contributed by atoms with van der Waals surface area (Å²) in [6.07, 6.45) is 2.12. The van der Waals surface area contributed by atoms with E-state index in [2.05, 4.69) is 19.9 Å². The van der Waals surface area contributed by atoms with Gasteiger partial charge in [0.25, 0.3) is 0 Å². The lowest BCUT2D eigenvalue weighted by atomic mass is 9.79. The molecule has 0 aliphatic heterocycles. The first-order valence-corrected chi connectivity index (χ1v) is 5.61. The number of methoxy groups -OCH3 is 2. The SMILES string of the molecule is COC1=C(CCl)C(C)=CC(C)(OC)C1C. The Morgan fingerprint density at radius 3 is 2.47 bits per heavy atom. The van der Waals surface area contributed by atoms with Crippen LogP contribution in [0.4, 0.5) is 0 Å². The highest BCUT2D eigenvalue weighted by atomic mass is 35.5. The van der Waals surface area contributed by atoms with E-state index >= 15 is 0 Å². The fourth-order valence-electron chi connectivity index (χ4n) is 2.06. The molecule has 0 fully saturated rings. The zero-order chi connectivity index (χ0) is 11.6.